The minimum Gasteiger partial charge on any atom is -0.460 e. The summed E-state index contributed by atoms with van der Waals surface area (Å²) in [5.74, 6) is -0.392. The molecule has 1 aliphatic rings. The van der Waals surface area contributed by atoms with Gasteiger partial charge in [-0.25, -0.2) is 14.7 Å². The molecule has 3 aromatic carbocycles. The van der Waals surface area contributed by atoms with Crippen LogP contribution in [0, 0.1) is 0 Å². The highest BCUT2D eigenvalue weighted by molar-refractivity contribution is 5.99. The van der Waals surface area contributed by atoms with E-state index in [0.717, 1.165) is 21.6 Å². The molecule has 11 nitrogen and oxygen atoms in total. The number of nitrogens with zero attached hydrogens (tertiary/aromatic N) is 2. The second-order valence-electron chi connectivity index (χ2n) is 12.5. The molecule has 5 aromatic rings. The molecule has 1 N–H and O–H groups in total. The summed E-state index contributed by atoms with van der Waals surface area (Å²) in [5.41, 5.74) is 1.12. The summed E-state index contributed by atoms with van der Waals surface area (Å²) < 4.78 is 28.2. The van der Waals surface area contributed by atoms with Crippen LogP contribution in [0.2, 0.25) is 0 Å². The van der Waals surface area contributed by atoms with Crippen LogP contribution >= 0.6 is 0 Å². The van der Waals surface area contributed by atoms with Gasteiger partial charge in [-0.1, -0.05) is 78.9 Å². The lowest BCUT2D eigenvalue weighted by molar-refractivity contribution is -0.176. The maximum absolute atomic E-state index is 14.6. The number of carbonyl (C=O) groups is 3. The molecular weight excluding hydrogens is 628 g/mol. The normalized spacial score (nSPS) is 17.3. The average Bonchev–Trinajstić information content (AvgIpc) is 3.86. The molecule has 49 heavy (non-hydrogen) atoms. The third-order valence-electron chi connectivity index (χ3n) is 8.54. The maximum Gasteiger partial charge on any atom is 0.417 e. The number of ether oxygens (including phenoxy) is 3. The standard InChI is InChI=1S/C38H36N2O9/c1-24(41)45-22-30-18-19-31(48-30)34(42)38(4,35(43)40-33(29-8-6-5-7-9-29)37(2,3)49-36(40)44)47-21-25-10-12-26(13-11-25)27-14-16-28(17-15-27)32-20-39-23-46-32/h5-20,23,33-34,42H,21-22H2,1-4H3. The Hall–Kier alpha value is -5.52. The summed E-state index contributed by atoms with van der Waals surface area (Å²) in [4.78, 5) is 44.3. The van der Waals surface area contributed by atoms with Gasteiger partial charge in [0.25, 0.3) is 5.91 Å². The Bertz CT molecular complexity index is 1920. The van der Waals surface area contributed by atoms with E-state index in [9.17, 15) is 19.5 Å². The first-order valence-electron chi connectivity index (χ1n) is 15.7. The van der Waals surface area contributed by atoms with Gasteiger partial charge in [-0.2, -0.15) is 0 Å². The molecule has 1 aliphatic heterocycles. The Morgan fingerprint density at radius 3 is 2.22 bits per heavy atom. The first kappa shape index (κ1) is 33.4. The molecule has 3 atom stereocenters. The number of carbonyl (C=O) groups excluding carboxylic acids is 3. The molecule has 3 unspecified atom stereocenters. The van der Waals surface area contributed by atoms with Crippen LogP contribution in [0.4, 0.5) is 4.79 Å². The Kier molecular flexibility index (Phi) is 9.22. The van der Waals surface area contributed by atoms with Gasteiger partial charge in [-0.05, 0) is 55.2 Å². The lowest BCUT2D eigenvalue weighted by Crippen LogP contribution is -2.54. The highest BCUT2D eigenvalue weighted by atomic mass is 16.6. The van der Waals surface area contributed by atoms with E-state index < -0.39 is 41.3 Å². The van der Waals surface area contributed by atoms with E-state index in [0.29, 0.717) is 16.9 Å². The Balaban J connectivity index is 1.28. The molecule has 2 aromatic heterocycles. The van der Waals surface area contributed by atoms with Crippen molar-refractivity contribution in [2.75, 3.05) is 0 Å². The number of cyclic esters (lactones) is 1. The van der Waals surface area contributed by atoms with E-state index in [1.807, 2.05) is 66.7 Å². The summed E-state index contributed by atoms with van der Waals surface area (Å²) in [6.45, 7) is 5.88. The van der Waals surface area contributed by atoms with Crippen molar-refractivity contribution in [3.8, 4) is 22.5 Å². The number of aliphatic hydroxyl groups excluding tert-OH is 1. The number of esters is 1. The van der Waals surface area contributed by atoms with Crippen molar-refractivity contribution in [3.05, 3.63) is 126 Å². The second-order valence-corrected chi connectivity index (χ2v) is 12.5. The number of aromatic nitrogens is 1. The van der Waals surface area contributed by atoms with E-state index in [4.69, 9.17) is 23.0 Å². The molecule has 0 radical (unpaired) electrons. The molecule has 2 amide bonds. The molecule has 3 heterocycles. The number of furan rings is 1. The van der Waals surface area contributed by atoms with Gasteiger partial charge in [0, 0.05) is 12.5 Å². The molecule has 0 aliphatic carbocycles. The lowest BCUT2D eigenvalue weighted by atomic mass is 9.88. The molecule has 11 heteroatoms. The molecular formula is C38H36N2O9. The highest BCUT2D eigenvalue weighted by Crippen LogP contribution is 2.44. The van der Waals surface area contributed by atoms with Crippen molar-refractivity contribution >= 4 is 18.0 Å². The van der Waals surface area contributed by atoms with Crippen LogP contribution in [0.5, 0.6) is 0 Å². The first-order valence-corrected chi connectivity index (χ1v) is 15.7. The fraction of sp³-hybridized carbons (Fsp3) is 0.263. The number of imide groups is 1. The monoisotopic (exact) mass is 664 g/mol. The van der Waals surface area contributed by atoms with Gasteiger partial charge in [-0.15, -0.1) is 0 Å². The van der Waals surface area contributed by atoms with Gasteiger partial charge < -0.3 is 28.2 Å². The number of hydrogen-bond donors (Lipinski definition) is 1. The summed E-state index contributed by atoms with van der Waals surface area (Å²) in [5, 5.41) is 11.8. The highest BCUT2D eigenvalue weighted by Gasteiger charge is 2.57. The summed E-state index contributed by atoms with van der Waals surface area (Å²) in [7, 11) is 0. The molecule has 0 bridgehead atoms. The van der Waals surface area contributed by atoms with Gasteiger partial charge in [0.05, 0.1) is 12.8 Å². The third kappa shape index (κ3) is 6.89. The van der Waals surface area contributed by atoms with Crippen LogP contribution in [0.25, 0.3) is 22.5 Å². The number of amides is 2. The SMILES string of the molecule is CC(=O)OCc1ccc(C(O)C(C)(OCc2ccc(-c3ccc(-c4cnco4)cc3)cc2)C(=O)N2C(=O)OC(C)(C)C2c2ccccc2)o1. The molecule has 1 saturated heterocycles. The van der Waals surface area contributed by atoms with Crippen LogP contribution < -0.4 is 0 Å². The first-order chi connectivity index (χ1) is 23.5. The third-order valence-corrected chi connectivity index (χ3v) is 8.54. The van der Waals surface area contributed by atoms with Gasteiger partial charge in [0.1, 0.15) is 35.9 Å². The van der Waals surface area contributed by atoms with Crippen molar-refractivity contribution in [1.29, 1.82) is 0 Å². The van der Waals surface area contributed by atoms with E-state index >= 15 is 0 Å². The molecule has 1 fully saturated rings. The van der Waals surface area contributed by atoms with E-state index in [1.165, 1.54) is 32.4 Å². The van der Waals surface area contributed by atoms with E-state index in [1.54, 1.807) is 32.2 Å². The van der Waals surface area contributed by atoms with Crippen molar-refractivity contribution in [3.63, 3.8) is 0 Å². The predicted molar refractivity (Wildman–Crippen MR) is 176 cm³/mol. The molecule has 252 valence electrons. The number of rotatable bonds is 11. The van der Waals surface area contributed by atoms with Crippen molar-refractivity contribution in [2.24, 2.45) is 0 Å². The van der Waals surface area contributed by atoms with Crippen molar-refractivity contribution < 1.29 is 42.5 Å². The van der Waals surface area contributed by atoms with Crippen LogP contribution in [-0.4, -0.2) is 44.2 Å². The Morgan fingerprint density at radius 2 is 1.59 bits per heavy atom. The minimum atomic E-state index is -2.03. The number of benzene rings is 3. The molecule has 6 rings (SSSR count). The lowest BCUT2D eigenvalue weighted by Gasteiger charge is -2.37. The fourth-order valence-electron chi connectivity index (χ4n) is 5.90. The molecule has 0 saturated carbocycles. The summed E-state index contributed by atoms with van der Waals surface area (Å²) in [6.07, 6.45) is 0.515. The van der Waals surface area contributed by atoms with Crippen LogP contribution in [0.3, 0.4) is 0 Å². The summed E-state index contributed by atoms with van der Waals surface area (Å²) >= 11 is 0. The zero-order chi connectivity index (χ0) is 34.8. The second kappa shape index (κ2) is 13.5. The van der Waals surface area contributed by atoms with Gasteiger partial charge in [0.2, 0.25) is 0 Å². The molecule has 0 spiro atoms. The topological polar surface area (TPSA) is 142 Å². The average molecular weight is 665 g/mol. The predicted octanol–water partition coefficient (Wildman–Crippen LogP) is 7.17. The minimum absolute atomic E-state index is 0.00906. The largest absolute Gasteiger partial charge is 0.460 e. The van der Waals surface area contributed by atoms with Crippen LogP contribution in [0.1, 0.15) is 62.5 Å². The smallest absolute Gasteiger partial charge is 0.417 e. The van der Waals surface area contributed by atoms with Gasteiger partial charge >= 0.3 is 12.1 Å². The van der Waals surface area contributed by atoms with E-state index in [-0.39, 0.29) is 24.7 Å². The maximum atomic E-state index is 14.6. The van der Waals surface area contributed by atoms with Crippen molar-refractivity contribution in [1.82, 2.24) is 9.88 Å². The summed E-state index contributed by atoms with van der Waals surface area (Å²) in [6, 6.07) is 26.7. The van der Waals surface area contributed by atoms with Gasteiger partial charge in [0.15, 0.2) is 17.8 Å². The Labute approximate surface area is 283 Å². The number of hydrogen-bond acceptors (Lipinski definition) is 10. The van der Waals surface area contributed by atoms with Crippen LogP contribution in [-0.2, 0) is 37.0 Å². The fourth-order valence-corrected chi connectivity index (χ4v) is 5.90. The van der Waals surface area contributed by atoms with Gasteiger partial charge in [-0.3, -0.25) is 9.59 Å². The zero-order valence-electron chi connectivity index (χ0n) is 27.5. The number of oxazole rings is 1. The van der Waals surface area contributed by atoms with Crippen molar-refractivity contribution in [2.45, 2.75) is 64.3 Å². The number of aliphatic hydroxyl groups is 1. The van der Waals surface area contributed by atoms with Crippen LogP contribution in [0.15, 0.2) is 112 Å². The quantitative estimate of drug-likeness (QED) is 0.144. The zero-order valence-corrected chi connectivity index (χ0v) is 27.5. The van der Waals surface area contributed by atoms with E-state index in [2.05, 4.69) is 4.98 Å². The Morgan fingerprint density at radius 1 is 0.939 bits per heavy atom.